The summed E-state index contributed by atoms with van der Waals surface area (Å²) < 4.78 is 0.594. The van der Waals surface area contributed by atoms with Crippen LogP contribution >= 0.6 is 22.9 Å². The Morgan fingerprint density at radius 3 is 2.75 bits per heavy atom. The number of carbonyl (C=O) groups excluding carboxylic acids is 1. The van der Waals surface area contributed by atoms with Gasteiger partial charge in [0.2, 0.25) is 0 Å². The van der Waals surface area contributed by atoms with Crippen molar-refractivity contribution in [1.82, 2.24) is 15.3 Å². The Morgan fingerprint density at radius 2 is 2.15 bits per heavy atom. The first-order valence-corrected chi connectivity index (χ1v) is 7.20. The molecule has 0 atom stereocenters. The third-order valence-electron chi connectivity index (χ3n) is 2.55. The molecule has 7 heteroatoms. The average Bonchev–Trinajstić information content (AvgIpc) is 2.82. The van der Waals surface area contributed by atoms with Gasteiger partial charge in [-0.15, -0.1) is 11.3 Å². The van der Waals surface area contributed by atoms with Crippen LogP contribution in [-0.2, 0) is 6.54 Å². The predicted molar refractivity (Wildman–Crippen MR) is 81.6 cm³/mol. The molecule has 20 heavy (non-hydrogen) atoms. The topological polar surface area (TPSA) is 58.1 Å². The Labute approximate surface area is 126 Å². The van der Waals surface area contributed by atoms with E-state index in [9.17, 15) is 4.79 Å². The molecule has 0 radical (unpaired) electrons. The first kappa shape index (κ1) is 14.7. The third-order valence-corrected chi connectivity index (χ3v) is 3.78. The molecule has 2 aromatic heterocycles. The summed E-state index contributed by atoms with van der Waals surface area (Å²) in [6.45, 7) is 2.19. The first-order chi connectivity index (χ1) is 9.45. The summed E-state index contributed by atoms with van der Waals surface area (Å²) in [7, 11) is 3.83. The fourth-order valence-corrected chi connectivity index (χ4v) is 2.56. The smallest absolute Gasteiger partial charge is 0.261 e. The highest BCUT2D eigenvalue weighted by atomic mass is 35.5. The number of nitrogens with zero attached hydrogens (tertiary/aromatic N) is 3. The van der Waals surface area contributed by atoms with Gasteiger partial charge in [0.25, 0.3) is 5.91 Å². The Kier molecular flexibility index (Phi) is 4.57. The van der Waals surface area contributed by atoms with Gasteiger partial charge in [0, 0.05) is 25.9 Å². The van der Waals surface area contributed by atoms with Gasteiger partial charge in [-0.05, 0) is 19.1 Å². The molecular weight excluding hydrogens is 296 g/mol. The molecule has 2 rings (SSSR count). The van der Waals surface area contributed by atoms with Crippen molar-refractivity contribution in [2.24, 2.45) is 0 Å². The van der Waals surface area contributed by atoms with E-state index in [0.717, 1.165) is 11.5 Å². The van der Waals surface area contributed by atoms with Gasteiger partial charge in [0.05, 0.1) is 15.8 Å². The molecule has 1 amide bonds. The van der Waals surface area contributed by atoms with Crippen LogP contribution in [0.4, 0.5) is 5.82 Å². The number of amides is 1. The van der Waals surface area contributed by atoms with Crippen molar-refractivity contribution in [2.45, 2.75) is 13.5 Å². The zero-order valence-corrected chi connectivity index (χ0v) is 13.0. The standard InChI is InChI=1S/C13H15ClN4OS/c1-8-6-12(18(2)3)17-11(16-8)7-15-13(19)9-4-5-10(14)20-9/h4-6H,7H2,1-3H3,(H,15,19). The molecule has 0 aliphatic heterocycles. The monoisotopic (exact) mass is 310 g/mol. The zero-order chi connectivity index (χ0) is 14.7. The van der Waals surface area contributed by atoms with E-state index in [1.165, 1.54) is 11.3 Å². The number of thiophene rings is 1. The molecule has 2 heterocycles. The number of halogens is 1. The maximum Gasteiger partial charge on any atom is 0.261 e. The minimum atomic E-state index is -0.168. The molecule has 0 saturated carbocycles. The van der Waals surface area contributed by atoms with Crippen LogP contribution in [0.25, 0.3) is 0 Å². The third kappa shape index (κ3) is 3.68. The van der Waals surface area contributed by atoms with Gasteiger partial charge in [-0.3, -0.25) is 4.79 Å². The van der Waals surface area contributed by atoms with E-state index in [1.807, 2.05) is 32.0 Å². The van der Waals surface area contributed by atoms with Crippen molar-refractivity contribution in [3.05, 3.63) is 38.9 Å². The largest absolute Gasteiger partial charge is 0.363 e. The lowest BCUT2D eigenvalue weighted by atomic mass is 10.4. The van der Waals surface area contributed by atoms with Gasteiger partial charge in [-0.2, -0.15) is 0 Å². The molecule has 106 valence electrons. The number of aryl methyl sites for hydroxylation is 1. The summed E-state index contributed by atoms with van der Waals surface area (Å²) >= 11 is 7.05. The molecule has 0 aliphatic rings. The molecule has 0 fully saturated rings. The lowest BCUT2D eigenvalue weighted by Crippen LogP contribution is -2.24. The molecular formula is C13H15ClN4OS. The lowest BCUT2D eigenvalue weighted by Gasteiger charge is -2.13. The van der Waals surface area contributed by atoms with E-state index >= 15 is 0 Å². The summed E-state index contributed by atoms with van der Waals surface area (Å²) in [4.78, 5) is 23.1. The normalized spacial score (nSPS) is 10.4. The highest BCUT2D eigenvalue weighted by Gasteiger charge is 2.10. The van der Waals surface area contributed by atoms with Gasteiger partial charge in [-0.25, -0.2) is 9.97 Å². The highest BCUT2D eigenvalue weighted by Crippen LogP contribution is 2.21. The molecule has 0 aromatic carbocycles. The van der Waals surface area contributed by atoms with Gasteiger partial charge >= 0.3 is 0 Å². The maximum atomic E-state index is 11.9. The summed E-state index contributed by atoms with van der Waals surface area (Å²) in [5, 5.41) is 2.79. The van der Waals surface area contributed by atoms with E-state index in [0.29, 0.717) is 15.0 Å². The molecule has 0 unspecified atom stereocenters. The van der Waals surface area contributed by atoms with Crippen LogP contribution in [0, 0.1) is 6.92 Å². The van der Waals surface area contributed by atoms with Crippen molar-refractivity contribution in [2.75, 3.05) is 19.0 Å². The Bertz CT molecular complexity index is 627. The molecule has 0 bridgehead atoms. The number of nitrogens with one attached hydrogen (secondary N) is 1. The lowest BCUT2D eigenvalue weighted by molar-refractivity contribution is 0.0954. The van der Waals surface area contributed by atoms with Gasteiger partial charge < -0.3 is 10.2 Å². The number of aromatic nitrogens is 2. The number of carbonyl (C=O) groups is 1. The van der Waals surface area contributed by atoms with Crippen molar-refractivity contribution in [3.8, 4) is 0 Å². The molecule has 5 nitrogen and oxygen atoms in total. The summed E-state index contributed by atoms with van der Waals surface area (Å²) in [6, 6.07) is 5.30. The van der Waals surface area contributed by atoms with E-state index in [2.05, 4.69) is 15.3 Å². The molecule has 0 saturated heterocycles. The van der Waals surface area contributed by atoms with Crippen LogP contribution in [0.1, 0.15) is 21.2 Å². The summed E-state index contributed by atoms with van der Waals surface area (Å²) in [5.41, 5.74) is 0.868. The van der Waals surface area contributed by atoms with Gasteiger partial charge in [0.1, 0.15) is 11.6 Å². The second-order valence-corrected chi connectivity index (χ2v) is 6.18. The first-order valence-electron chi connectivity index (χ1n) is 6.01. The van der Waals surface area contributed by atoms with Gasteiger partial charge in [0.15, 0.2) is 0 Å². The summed E-state index contributed by atoms with van der Waals surface area (Å²) in [5.74, 6) is 1.24. The van der Waals surface area contributed by atoms with Crippen molar-refractivity contribution in [3.63, 3.8) is 0 Å². The SMILES string of the molecule is Cc1cc(N(C)C)nc(CNC(=O)c2ccc(Cl)s2)n1. The Morgan fingerprint density at radius 1 is 1.40 bits per heavy atom. The van der Waals surface area contributed by atoms with Crippen LogP contribution in [0.15, 0.2) is 18.2 Å². The van der Waals surface area contributed by atoms with Crippen molar-refractivity contribution in [1.29, 1.82) is 0 Å². The number of rotatable bonds is 4. The Hall–Kier alpha value is -1.66. The van der Waals surface area contributed by atoms with Crippen molar-refractivity contribution >= 4 is 34.7 Å². The minimum Gasteiger partial charge on any atom is -0.363 e. The fourth-order valence-electron chi connectivity index (χ4n) is 1.60. The average molecular weight is 311 g/mol. The molecule has 0 aliphatic carbocycles. The summed E-state index contributed by atoms with van der Waals surface area (Å²) in [6.07, 6.45) is 0. The molecule has 2 aromatic rings. The van der Waals surface area contributed by atoms with Crippen LogP contribution in [0.3, 0.4) is 0 Å². The highest BCUT2D eigenvalue weighted by molar-refractivity contribution is 7.17. The quantitative estimate of drug-likeness (QED) is 0.942. The van der Waals surface area contributed by atoms with Crippen LogP contribution < -0.4 is 10.2 Å². The second-order valence-electron chi connectivity index (χ2n) is 4.46. The van der Waals surface area contributed by atoms with Crippen LogP contribution in [0.2, 0.25) is 4.34 Å². The van der Waals surface area contributed by atoms with Crippen LogP contribution in [-0.4, -0.2) is 30.0 Å². The van der Waals surface area contributed by atoms with E-state index in [1.54, 1.807) is 12.1 Å². The van der Waals surface area contributed by atoms with Crippen molar-refractivity contribution < 1.29 is 4.79 Å². The Balaban J connectivity index is 2.05. The van der Waals surface area contributed by atoms with E-state index in [-0.39, 0.29) is 12.5 Å². The molecule has 0 spiro atoms. The molecule has 1 N–H and O–H groups in total. The predicted octanol–water partition coefficient (Wildman–Crippen LogP) is 2.50. The fraction of sp³-hybridized carbons (Fsp3) is 0.308. The maximum absolute atomic E-state index is 11.9. The van der Waals surface area contributed by atoms with Gasteiger partial charge in [-0.1, -0.05) is 11.6 Å². The number of anilines is 1. The number of hydrogen-bond donors (Lipinski definition) is 1. The van der Waals surface area contributed by atoms with E-state index in [4.69, 9.17) is 11.6 Å². The zero-order valence-electron chi connectivity index (χ0n) is 11.5. The second kappa shape index (κ2) is 6.19. The van der Waals surface area contributed by atoms with Crippen LogP contribution in [0.5, 0.6) is 0 Å². The van der Waals surface area contributed by atoms with E-state index < -0.39 is 0 Å². The number of hydrogen-bond acceptors (Lipinski definition) is 5. The minimum absolute atomic E-state index is 0.168.